The van der Waals surface area contributed by atoms with E-state index in [9.17, 15) is 8.42 Å². The first-order chi connectivity index (χ1) is 10.5. The molecular weight excluding hydrogens is 300 g/mol. The lowest BCUT2D eigenvalue weighted by atomic mass is 10.1. The second kappa shape index (κ2) is 5.73. The van der Waals surface area contributed by atoms with Crippen LogP contribution in [-0.2, 0) is 23.2 Å². The van der Waals surface area contributed by atoms with E-state index in [2.05, 4.69) is 14.3 Å². The molecule has 1 aromatic heterocycles. The molecule has 7 heteroatoms. The zero-order valence-corrected chi connectivity index (χ0v) is 13.6. The van der Waals surface area contributed by atoms with Crippen molar-refractivity contribution in [1.82, 2.24) is 13.9 Å². The van der Waals surface area contributed by atoms with E-state index in [0.29, 0.717) is 5.69 Å². The molecule has 1 aromatic carbocycles. The quantitative estimate of drug-likeness (QED) is 0.938. The molecule has 1 aliphatic heterocycles. The number of fused-ring (bicyclic) bond motifs is 1. The van der Waals surface area contributed by atoms with Gasteiger partial charge >= 0.3 is 10.2 Å². The van der Waals surface area contributed by atoms with Crippen molar-refractivity contribution >= 4 is 15.9 Å². The normalized spacial score (nSPS) is 14.9. The van der Waals surface area contributed by atoms with E-state index >= 15 is 0 Å². The molecule has 1 aliphatic rings. The highest BCUT2D eigenvalue weighted by atomic mass is 32.2. The van der Waals surface area contributed by atoms with Crippen molar-refractivity contribution in [3.63, 3.8) is 0 Å². The average Bonchev–Trinajstić information content (AvgIpc) is 2.91. The molecule has 0 saturated carbocycles. The summed E-state index contributed by atoms with van der Waals surface area (Å²) in [5, 5.41) is 0. The maximum atomic E-state index is 12.1. The molecule has 2 aromatic rings. The Balaban J connectivity index is 2.00. The summed E-state index contributed by atoms with van der Waals surface area (Å²) in [4.78, 5) is 4.67. The van der Waals surface area contributed by atoms with Crippen molar-refractivity contribution in [2.75, 3.05) is 18.8 Å². The molecule has 118 valence electrons. The zero-order valence-electron chi connectivity index (χ0n) is 12.8. The lowest BCUT2D eigenvalue weighted by Gasteiger charge is -2.15. The van der Waals surface area contributed by atoms with Crippen LogP contribution in [0.1, 0.15) is 18.7 Å². The van der Waals surface area contributed by atoms with E-state index in [0.717, 1.165) is 47.2 Å². The summed E-state index contributed by atoms with van der Waals surface area (Å²) in [5.74, 6) is 1.08. The van der Waals surface area contributed by atoms with Gasteiger partial charge in [0.25, 0.3) is 0 Å². The van der Waals surface area contributed by atoms with Crippen LogP contribution < -0.4 is 4.72 Å². The minimum Gasteiger partial charge on any atom is -0.334 e. The second-order valence-electron chi connectivity index (χ2n) is 5.63. The van der Waals surface area contributed by atoms with Crippen LogP contribution in [0.15, 0.2) is 30.5 Å². The van der Waals surface area contributed by atoms with Gasteiger partial charge in [-0.3, -0.25) is 4.72 Å². The van der Waals surface area contributed by atoms with Gasteiger partial charge in [0, 0.05) is 38.8 Å². The minimum absolute atomic E-state index is 0.548. The largest absolute Gasteiger partial charge is 0.334 e. The summed E-state index contributed by atoms with van der Waals surface area (Å²) >= 11 is 0. The van der Waals surface area contributed by atoms with Crippen LogP contribution in [0.4, 0.5) is 5.69 Å². The number of nitrogens with one attached hydrogen (secondary N) is 1. The summed E-state index contributed by atoms with van der Waals surface area (Å²) < 4.78 is 30.1. The Bertz CT molecular complexity index is 757. The van der Waals surface area contributed by atoms with Gasteiger partial charge in [0.1, 0.15) is 5.82 Å². The van der Waals surface area contributed by atoms with E-state index in [1.807, 2.05) is 24.4 Å². The number of aromatic nitrogens is 2. The van der Waals surface area contributed by atoms with Crippen LogP contribution >= 0.6 is 0 Å². The Morgan fingerprint density at radius 2 is 2.00 bits per heavy atom. The van der Waals surface area contributed by atoms with E-state index < -0.39 is 10.2 Å². The molecule has 0 atom stereocenters. The second-order valence-corrected chi connectivity index (χ2v) is 7.51. The molecule has 0 unspecified atom stereocenters. The van der Waals surface area contributed by atoms with Crippen LogP contribution in [0.25, 0.3) is 11.3 Å². The van der Waals surface area contributed by atoms with Crippen molar-refractivity contribution in [3.8, 4) is 11.3 Å². The number of anilines is 1. The van der Waals surface area contributed by atoms with Crippen LogP contribution in [-0.4, -0.2) is 36.4 Å². The van der Waals surface area contributed by atoms with Crippen molar-refractivity contribution < 1.29 is 8.42 Å². The molecular formula is C15H20N4O2S. The number of hydrogen-bond donors (Lipinski definition) is 1. The number of para-hydroxylation sites is 1. The number of aryl methyl sites for hydroxylation is 2. The summed E-state index contributed by atoms with van der Waals surface area (Å²) in [6.45, 7) is 0.980. The fourth-order valence-corrected chi connectivity index (χ4v) is 3.21. The fourth-order valence-electron chi connectivity index (χ4n) is 2.57. The summed E-state index contributed by atoms with van der Waals surface area (Å²) in [5.41, 5.74) is 2.16. The number of rotatable bonds is 4. The Morgan fingerprint density at radius 3 is 2.73 bits per heavy atom. The highest BCUT2D eigenvalue weighted by molar-refractivity contribution is 7.90. The third-order valence-electron chi connectivity index (χ3n) is 3.83. The van der Waals surface area contributed by atoms with Crippen LogP contribution in [0, 0.1) is 0 Å². The molecule has 6 nitrogen and oxygen atoms in total. The van der Waals surface area contributed by atoms with Gasteiger partial charge in [-0.15, -0.1) is 0 Å². The highest BCUT2D eigenvalue weighted by Gasteiger charge is 2.18. The predicted molar refractivity (Wildman–Crippen MR) is 86.8 cm³/mol. The number of benzene rings is 1. The SMILES string of the molecule is CN(C)S(=O)(=O)Nc1ccccc1-c1cn2c(n1)CCCC2. The van der Waals surface area contributed by atoms with Gasteiger partial charge in [-0.25, -0.2) is 4.98 Å². The van der Waals surface area contributed by atoms with Gasteiger partial charge < -0.3 is 4.57 Å². The van der Waals surface area contributed by atoms with Gasteiger partial charge in [-0.1, -0.05) is 18.2 Å². The van der Waals surface area contributed by atoms with Crippen LogP contribution in [0.2, 0.25) is 0 Å². The minimum atomic E-state index is -3.54. The molecule has 0 radical (unpaired) electrons. The third kappa shape index (κ3) is 2.86. The average molecular weight is 320 g/mol. The molecule has 1 N–H and O–H groups in total. The Kier molecular flexibility index (Phi) is 3.92. The first kappa shape index (κ1) is 15.1. The van der Waals surface area contributed by atoms with Crippen molar-refractivity contribution in [1.29, 1.82) is 0 Å². The molecule has 0 saturated heterocycles. The molecule has 0 aliphatic carbocycles. The third-order valence-corrected chi connectivity index (χ3v) is 5.27. The molecule has 2 heterocycles. The first-order valence-corrected chi connectivity index (χ1v) is 8.77. The predicted octanol–water partition coefficient (Wildman–Crippen LogP) is 2.10. The van der Waals surface area contributed by atoms with Crippen molar-refractivity contribution in [2.45, 2.75) is 25.8 Å². The van der Waals surface area contributed by atoms with Gasteiger partial charge in [0.05, 0.1) is 11.4 Å². The first-order valence-electron chi connectivity index (χ1n) is 7.33. The topological polar surface area (TPSA) is 67.2 Å². The van der Waals surface area contributed by atoms with E-state index in [4.69, 9.17) is 0 Å². The monoisotopic (exact) mass is 320 g/mol. The Hall–Kier alpha value is -1.86. The maximum absolute atomic E-state index is 12.1. The molecule has 22 heavy (non-hydrogen) atoms. The molecule has 3 rings (SSSR count). The van der Waals surface area contributed by atoms with Crippen LogP contribution in [0.3, 0.4) is 0 Å². The standard InChI is InChI=1S/C15H20N4O2S/c1-18(2)22(20,21)17-13-8-4-3-7-12(13)14-11-19-10-6-5-9-15(19)16-14/h3-4,7-8,11,17H,5-6,9-10H2,1-2H3. The van der Waals surface area contributed by atoms with E-state index in [-0.39, 0.29) is 0 Å². The summed E-state index contributed by atoms with van der Waals surface area (Å²) in [6.07, 6.45) is 5.31. The lowest BCUT2D eigenvalue weighted by Crippen LogP contribution is -2.29. The smallest absolute Gasteiger partial charge is 0.301 e. The van der Waals surface area contributed by atoms with Crippen molar-refractivity contribution in [2.24, 2.45) is 0 Å². The van der Waals surface area contributed by atoms with Gasteiger partial charge in [0.2, 0.25) is 0 Å². The molecule has 0 fully saturated rings. The van der Waals surface area contributed by atoms with Crippen molar-refractivity contribution in [3.05, 3.63) is 36.3 Å². The highest BCUT2D eigenvalue weighted by Crippen LogP contribution is 2.29. The summed E-state index contributed by atoms with van der Waals surface area (Å²) in [6, 6.07) is 7.35. The van der Waals surface area contributed by atoms with E-state index in [1.54, 1.807) is 6.07 Å². The number of imidazole rings is 1. The summed E-state index contributed by atoms with van der Waals surface area (Å²) in [7, 11) is -0.535. The van der Waals surface area contributed by atoms with Gasteiger partial charge in [-0.05, 0) is 18.9 Å². The Morgan fingerprint density at radius 1 is 1.23 bits per heavy atom. The van der Waals surface area contributed by atoms with E-state index in [1.165, 1.54) is 14.1 Å². The lowest BCUT2D eigenvalue weighted by molar-refractivity contribution is 0.522. The number of nitrogens with zero attached hydrogens (tertiary/aromatic N) is 3. The molecule has 0 spiro atoms. The fraction of sp³-hybridized carbons (Fsp3) is 0.400. The zero-order chi connectivity index (χ0) is 15.7. The molecule has 0 bridgehead atoms. The maximum Gasteiger partial charge on any atom is 0.301 e. The van der Waals surface area contributed by atoms with Gasteiger partial charge in [-0.2, -0.15) is 12.7 Å². The Labute approximate surface area is 131 Å². The molecule has 0 amide bonds. The van der Waals surface area contributed by atoms with Gasteiger partial charge in [0.15, 0.2) is 0 Å². The number of hydrogen-bond acceptors (Lipinski definition) is 3. The van der Waals surface area contributed by atoms with Crippen LogP contribution in [0.5, 0.6) is 0 Å².